The molecule has 1 aliphatic heterocycles. The van der Waals surface area contributed by atoms with Crippen LogP contribution in [0.1, 0.15) is 11.3 Å². The molecule has 114 valence electrons. The van der Waals surface area contributed by atoms with Crippen molar-refractivity contribution in [2.45, 2.75) is 0 Å². The van der Waals surface area contributed by atoms with Crippen LogP contribution in [0.5, 0.6) is 0 Å². The van der Waals surface area contributed by atoms with Crippen molar-refractivity contribution in [3.8, 4) is 0 Å². The van der Waals surface area contributed by atoms with E-state index in [-0.39, 0.29) is 0 Å². The molecule has 0 bridgehead atoms. The first-order valence-electron chi connectivity index (χ1n) is 7.91. The van der Waals surface area contributed by atoms with E-state index in [0.717, 1.165) is 21.6 Å². The summed E-state index contributed by atoms with van der Waals surface area (Å²) >= 11 is 1.76. The molecular formula is C21H14N2S. The van der Waals surface area contributed by atoms with E-state index in [1.807, 2.05) is 18.3 Å². The van der Waals surface area contributed by atoms with E-state index in [9.17, 15) is 0 Å². The third-order valence-electron chi connectivity index (χ3n) is 4.30. The lowest BCUT2D eigenvalue weighted by Gasteiger charge is -2.08. The third kappa shape index (κ3) is 2.06. The Balaban J connectivity index is 1.82. The van der Waals surface area contributed by atoms with Gasteiger partial charge in [-0.05, 0) is 29.8 Å². The Morgan fingerprint density at radius 1 is 0.875 bits per heavy atom. The number of nitrogens with zero attached hydrogens (tertiary/aromatic N) is 1. The average Bonchev–Trinajstić information content (AvgIpc) is 3.33. The number of rotatable bonds is 2. The van der Waals surface area contributed by atoms with Gasteiger partial charge < -0.3 is 4.98 Å². The molecule has 5 rings (SSSR count). The third-order valence-corrected chi connectivity index (χ3v) is 5.38. The number of fused-ring (bicyclic) bond motifs is 3. The van der Waals surface area contributed by atoms with Crippen LogP contribution in [0.2, 0.25) is 0 Å². The van der Waals surface area contributed by atoms with Gasteiger partial charge in [0.05, 0.1) is 5.70 Å². The number of nitrogens with one attached hydrogen (secondary N) is 1. The molecule has 3 heterocycles. The van der Waals surface area contributed by atoms with E-state index in [2.05, 4.69) is 65.7 Å². The number of thiophene rings is 1. The van der Waals surface area contributed by atoms with Crippen LogP contribution in [-0.2, 0) is 0 Å². The van der Waals surface area contributed by atoms with Crippen molar-refractivity contribution >= 4 is 33.1 Å². The molecular weight excluding hydrogens is 312 g/mol. The van der Waals surface area contributed by atoms with E-state index in [4.69, 9.17) is 4.99 Å². The summed E-state index contributed by atoms with van der Waals surface area (Å²) in [6.45, 7) is 0. The van der Waals surface area contributed by atoms with Crippen molar-refractivity contribution < 1.29 is 0 Å². The summed E-state index contributed by atoms with van der Waals surface area (Å²) < 4.78 is 2.40. The quantitative estimate of drug-likeness (QED) is 0.574. The van der Waals surface area contributed by atoms with Gasteiger partial charge in [0, 0.05) is 32.8 Å². The summed E-state index contributed by atoms with van der Waals surface area (Å²) in [5.74, 6) is 0. The summed E-state index contributed by atoms with van der Waals surface area (Å²) in [7, 11) is 0. The molecule has 1 N–H and O–H groups in total. The first kappa shape index (κ1) is 13.5. The minimum Gasteiger partial charge on any atom is -0.361 e. The molecule has 0 saturated heterocycles. The Hall–Kier alpha value is -2.91. The lowest BCUT2D eigenvalue weighted by molar-refractivity contribution is 1.31. The Kier molecular flexibility index (Phi) is 3.00. The fraction of sp³-hybridized carbons (Fsp3) is 0. The molecule has 24 heavy (non-hydrogen) atoms. The molecule has 3 heteroatoms. The van der Waals surface area contributed by atoms with E-state index in [1.54, 1.807) is 11.3 Å². The van der Waals surface area contributed by atoms with Gasteiger partial charge in [0.2, 0.25) is 0 Å². The predicted molar refractivity (Wildman–Crippen MR) is 100 cm³/mol. The number of hydrogen-bond donors (Lipinski definition) is 1. The highest BCUT2D eigenvalue weighted by atomic mass is 32.1. The van der Waals surface area contributed by atoms with E-state index in [0.29, 0.717) is 0 Å². The van der Waals surface area contributed by atoms with Gasteiger partial charge in [-0.15, -0.1) is 11.3 Å². The maximum atomic E-state index is 4.94. The zero-order valence-electron chi connectivity index (χ0n) is 12.9. The van der Waals surface area contributed by atoms with Crippen LogP contribution in [0.4, 0.5) is 0 Å². The standard InChI is InChI=1S/C21H14N2S/c1-2-7-14(8-3-1)20(17-10-6-12-22-17)18-13-16-15-9-4-5-11-19(15)24-21(16)23-18/h1-13,22H/b20-18-. The molecule has 2 aromatic carbocycles. The van der Waals surface area contributed by atoms with Crippen molar-refractivity contribution in [1.29, 1.82) is 0 Å². The van der Waals surface area contributed by atoms with Crippen LogP contribution in [0.25, 0.3) is 21.7 Å². The van der Waals surface area contributed by atoms with Crippen LogP contribution >= 0.6 is 11.3 Å². The minimum atomic E-state index is 1.02. The number of aromatic amines is 1. The van der Waals surface area contributed by atoms with Crippen LogP contribution in [0, 0.1) is 0 Å². The second-order valence-corrected chi connectivity index (χ2v) is 6.81. The lowest BCUT2D eigenvalue weighted by atomic mass is 10.0. The van der Waals surface area contributed by atoms with Crippen LogP contribution in [-0.4, -0.2) is 4.98 Å². The van der Waals surface area contributed by atoms with Crippen molar-refractivity contribution in [3.05, 3.63) is 99.8 Å². The zero-order chi connectivity index (χ0) is 15.9. The Bertz CT molecular complexity index is 1180. The monoisotopic (exact) mass is 326 g/mol. The van der Waals surface area contributed by atoms with E-state index in [1.165, 1.54) is 20.9 Å². The summed E-state index contributed by atoms with van der Waals surface area (Å²) in [6, 6.07) is 23.1. The number of hydrogen-bond acceptors (Lipinski definition) is 2. The second-order valence-electron chi connectivity index (χ2n) is 5.78. The fourth-order valence-electron chi connectivity index (χ4n) is 3.21. The molecule has 1 aliphatic rings. The zero-order valence-corrected chi connectivity index (χ0v) is 13.7. The second kappa shape index (κ2) is 5.32. The summed E-state index contributed by atoms with van der Waals surface area (Å²) in [4.78, 5) is 8.28. The van der Waals surface area contributed by atoms with Crippen molar-refractivity contribution in [2.75, 3.05) is 0 Å². The Morgan fingerprint density at radius 3 is 2.54 bits per heavy atom. The summed E-state index contributed by atoms with van der Waals surface area (Å²) in [6.07, 6.45) is 4.18. The molecule has 2 aromatic heterocycles. The van der Waals surface area contributed by atoms with Gasteiger partial charge in [-0.25, -0.2) is 4.99 Å². The molecule has 0 radical (unpaired) electrons. The van der Waals surface area contributed by atoms with Gasteiger partial charge in [-0.2, -0.15) is 0 Å². The highest BCUT2D eigenvalue weighted by molar-refractivity contribution is 7.16. The van der Waals surface area contributed by atoms with E-state index >= 15 is 0 Å². The van der Waals surface area contributed by atoms with Crippen LogP contribution < -0.4 is 9.89 Å². The first-order valence-corrected chi connectivity index (χ1v) is 8.73. The molecule has 2 nitrogen and oxygen atoms in total. The summed E-state index contributed by atoms with van der Waals surface area (Å²) in [5, 5.41) is 2.53. The molecule has 0 fully saturated rings. The fourth-order valence-corrected chi connectivity index (χ4v) is 4.28. The van der Waals surface area contributed by atoms with Gasteiger partial charge in [0.25, 0.3) is 0 Å². The SMILES string of the molecule is C1=c2c(sc3ccccc23)=N/C1=C(/c1ccccc1)c1ccc[nH]1. The first-order chi connectivity index (χ1) is 11.9. The Morgan fingerprint density at radius 2 is 1.71 bits per heavy atom. The van der Waals surface area contributed by atoms with Gasteiger partial charge >= 0.3 is 0 Å². The summed E-state index contributed by atoms with van der Waals surface area (Å²) in [5.41, 5.74) is 4.44. The van der Waals surface area contributed by atoms with E-state index < -0.39 is 0 Å². The smallest absolute Gasteiger partial charge is 0.125 e. The topological polar surface area (TPSA) is 28.1 Å². The van der Waals surface area contributed by atoms with Gasteiger partial charge in [-0.3, -0.25) is 0 Å². The van der Waals surface area contributed by atoms with Gasteiger partial charge in [-0.1, -0.05) is 48.5 Å². The molecule has 0 spiro atoms. The lowest BCUT2D eigenvalue weighted by Crippen LogP contribution is -2.13. The maximum Gasteiger partial charge on any atom is 0.125 e. The molecule has 0 unspecified atom stereocenters. The molecule has 0 aliphatic carbocycles. The Labute approximate surface area is 143 Å². The largest absolute Gasteiger partial charge is 0.361 e. The highest BCUT2D eigenvalue weighted by Gasteiger charge is 2.15. The number of H-pyrrole nitrogens is 1. The average molecular weight is 326 g/mol. The van der Waals surface area contributed by atoms with Crippen molar-refractivity contribution in [1.82, 2.24) is 4.98 Å². The molecule has 0 atom stereocenters. The molecule has 0 amide bonds. The van der Waals surface area contributed by atoms with Crippen molar-refractivity contribution in [3.63, 3.8) is 0 Å². The molecule has 4 aromatic rings. The van der Waals surface area contributed by atoms with Crippen LogP contribution in [0.3, 0.4) is 0 Å². The highest BCUT2D eigenvalue weighted by Crippen LogP contribution is 2.28. The predicted octanol–water partition coefficient (Wildman–Crippen LogP) is 4.10. The number of aromatic nitrogens is 1. The van der Waals surface area contributed by atoms with Gasteiger partial charge in [0.15, 0.2) is 0 Å². The number of benzene rings is 2. The van der Waals surface area contributed by atoms with Crippen LogP contribution in [0.15, 0.2) is 83.6 Å². The maximum absolute atomic E-state index is 4.94. The number of allylic oxidation sites excluding steroid dienone is 1. The normalized spacial score (nSPS) is 15.0. The van der Waals surface area contributed by atoms with Gasteiger partial charge in [0.1, 0.15) is 4.67 Å². The van der Waals surface area contributed by atoms with Crippen molar-refractivity contribution in [2.24, 2.45) is 4.99 Å². The molecule has 0 saturated carbocycles. The minimum absolute atomic E-state index is 1.02.